The fourth-order valence-corrected chi connectivity index (χ4v) is 3.24. The molecule has 1 aromatic carbocycles. The normalized spacial score (nSPS) is 14.5. The lowest BCUT2D eigenvalue weighted by Crippen LogP contribution is -2.49. The summed E-state index contributed by atoms with van der Waals surface area (Å²) in [6, 6.07) is 10.4. The first-order chi connectivity index (χ1) is 13.2. The van der Waals surface area contributed by atoms with Crippen molar-refractivity contribution < 1.29 is 4.79 Å². The van der Waals surface area contributed by atoms with Crippen LogP contribution in [0.25, 0.3) is 0 Å². The number of hydrogen-bond acceptors (Lipinski definition) is 3. The standard InChI is InChI=1S/C21H35N5O.HI/c1-4-6-14-24(3)21(22-5-2)23-13-12-20(27)26-17-15-25(16-18-26)19-10-8-7-9-11-19;/h7-11H,4-6,12-18H2,1-3H3,(H,22,23);1H. The minimum absolute atomic E-state index is 0. The Balaban J connectivity index is 0.00000392. The number of hydrogen-bond donors (Lipinski definition) is 1. The number of nitrogens with one attached hydrogen (secondary N) is 1. The molecule has 1 aromatic rings. The maximum Gasteiger partial charge on any atom is 0.224 e. The fourth-order valence-electron chi connectivity index (χ4n) is 3.24. The van der Waals surface area contributed by atoms with Crippen LogP contribution >= 0.6 is 24.0 Å². The van der Waals surface area contributed by atoms with E-state index in [1.54, 1.807) is 0 Å². The Bertz CT molecular complexity index is 588. The number of guanidine groups is 1. The summed E-state index contributed by atoms with van der Waals surface area (Å²) in [7, 11) is 2.06. The first-order valence-electron chi connectivity index (χ1n) is 10.2. The van der Waals surface area contributed by atoms with Crippen LogP contribution in [0.5, 0.6) is 0 Å². The number of aliphatic imine (C=N–C) groups is 1. The van der Waals surface area contributed by atoms with Crippen molar-refractivity contribution in [2.45, 2.75) is 33.1 Å². The quantitative estimate of drug-likeness (QED) is 0.338. The molecule has 28 heavy (non-hydrogen) atoms. The van der Waals surface area contributed by atoms with Gasteiger partial charge in [0.1, 0.15) is 0 Å². The Kier molecular flexibility index (Phi) is 11.9. The molecule has 0 saturated carbocycles. The monoisotopic (exact) mass is 501 g/mol. The van der Waals surface area contributed by atoms with Crippen molar-refractivity contribution in [2.24, 2.45) is 4.99 Å². The molecule has 0 aliphatic carbocycles. The van der Waals surface area contributed by atoms with Crippen molar-refractivity contribution in [3.63, 3.8) is 0 Å². The number of carbonyl (C=O) groups excluding carboxylic acids is 1. The van der Waals surface area contributed by atoms with Gasteiger partial charge in [0, 0.05) is 58.4 Å². The molecule has 7 heteroatoms. The molecule has 1 N–H and O–H groups in total. The van der Waals surface area contributed by atoms with Gasteiger partial charge in [0.2, 0.25) is 5.91 Å². The molecule has 6 nitrogen and oxygen atoms in total. The predicted octanol–water partition coefficient (Wildman–Crippen LogP) is 3.04. The number of nitrogens with zero attached hydrogens (tertiary/aromatic N) is 4. The summed E-state index contributed by atoms with van der Waals surface area (Å²) in [5.74, 6) is 1.10. The lowest BCUT2D eigenvalue weighted by molar-refractivity contribution is -0.131. The van der Waals surface area contributed by atoms with Gasteiger partial charge in [0.05, 0.1) is 6.54 Å². The topological polar surface area (TPSA) is 51.2 Å². The van der Waals surface area contributed by atoms with Gasteiger partial charge in [-0.1, -0.05) is 31.5 Å². The molecule has 1 fully saturated rings. The molecule has 1 aliphatic heterocycles. The van der Waals surface area contributed by atoms with Crippen LogP contribution in [0, 0.1) is 0 Å². The zero-order valence-electron chi connectivity index (χ0n) is 17.6. The van der Waals surface area contributed by atoms with E-state index in [1.165, 1.54) is 5.69 Å². The number of anilines is 1. The first-order valence-corrected chi connectivity index (χ1v) is 10.2. The maximum absolute atomic E-state index is 12.5. The molecule has 1 heterocycles. The number of rotatable bonds is 8. The van der Waals surface area contributed by atoms with Crippen LogP contribution in [-0.2, 0) is 4.79 Å². The van der Waals surface area contributed by atoms with E-state index in [0.29, 0.717) is 13.0 Å². The van der Waals surface area contributed by atoms with Crippen molar-refractivity contribution in [3.05, 3.63) is 30.3 Å². The van der Waals surface area contributed by atoms with Crippen LogP contribution in [0.4, 0.5) is 5.69 Å². The number of para-hydroxylation sites is 1. The maximum atomic E-state index is 12.5. The molecule has 1 saturated heterocycles. The van der Waals surface area contributed by atoms with E-state index in [9.17, 15) is 4.79 Å². The number of amides is 1. The molecular weight excluding hydrogens is 465 g/mol. The zero-order chi connectivity index (χ0) is 19.5. The Labute approximate surface area is 187 Å². The summed E-state index contributed by atoms with van der Waals surface area (Å²) < 4.78 is 0. The molecule has 1 aliphatic rings. The molecule has 0 radical (unpaired) electrons. The smallest absolute Gasteiger partial charge is 0.224 e. The molecule has 0 aromatic heterocycles. The molecule has 158 valence electrons. The summed E-state index contributed by atoms with van der Waals surface area (Å²) in [6.07, 6.45) is 2.78. The van der Waals surface area contributed by atoms with Crippen molar-refractivity contribution in [3.8, 4) is 0 Å². The van der Waals surface area contributed by atoms with Crippen molar-refractivity contribution in [1.29, 1.82) is 0 Å². The number of unbranched alkanes of at least 4 members (excludes halogenated alkanes) is 1. The Hall–Kier alpha value is -1.51. The lowest BCUT2D eigenvalue weighted by Gasteiger charge is -2.36. The predicted molar refractivity (Wildman–Crippen MR) is 129 cm³/mol. The van der Waals surface area contributed by atoms with Crippen molar-refractivity contribution in [2.75, 3.05) is 57.8 Å². The first kappa shape index (κ1) is 24.5. The van der Waals surface area contributed by atoms with E-state index in [2.05, 4.69) is 65.3 Å². The van der Waals surface area contributed by atoms with Crippen LogP contribution in [0.2, 0.25) is 0 Å². The average molecular weight is 501 g/mol. The minimum atomic E-state index is 0. The molecule has 0 spiro atoms. The second-order valence-corrected chi connectivity index (χ2v) is 6.96. The molecule has 2 rings (SSSR count). The van der Waals surface area contributed by atoms with Crippen LogP contribution in [0.3, 0.4) is 0 Å². The lowest BCUT2D eigenvalue weighted by atomic mass is 10.2. The Morgan fingerprint density at radius 3 is 2.43 bits per heavy atom. The van der Waals surface area contributed by atoms with Gasteiger partial charge in [-0.15, -0.1) is 24.0 Å². The van der Waals surface area contributed by atoms with Crippen molar-refractivity contribution in [1.82, 2.24) is 15.1 Å². The second kappa shape index (κ2) is 13.6. The van der Waals surface area contributed by atoms with E-state index in [1.807, 2.05) is 11.0 Å². The van der Waals surface area contributed by atoms with Gasteiger partial charge in [-0.05, 0) is 25.5 Å². The van der Waals surface area contributed by atoms with E-state index >= 15 is 0 Å². The molecular formula is C21H36IN5O. The molecule has 1 amide bonds. The summed E-state index contributed by atoms with van der Waals surface area (Å²) in [4.78, 5) is 23.6. The number of halogens is 1. The molecule has 0 bridgehead atoms. The molecule has 0 unspecified atom stereocenters. The highest BCUT2D eigenvalue weighted by molar-refractivity contribution is 14.0. The van der Waals surface area contributed by atoms with Gasteiger partial charge < -0.3 is 20.0 Å². The van der Waals surface area contributed by atoms with Gasteiger partial charge >= 0.3 is 0 Å². The Morgan fingerprint density at radius 1 is 1.14 bits per heavy atom. The fraction of sp³-hybridized carbons (Fsp3) is 0.619. The summed E-state index contributed by atoms with van der Waals surface area (Å²) in [5, 5.41) is 3.31. The van der Waals surface area contributed by atoms with Crippen LogP contribution in [0.15, 0.2) is 35.3 Å². The van der Waals surface area contributed by atoms with Gasteiger partial charge in [0.15, 0.2) is 5.96 Å². The zero-order valence-corrected chi connectivity index (χ0v) is 19.9. The largest absolute Gasteiger partial charge is 0.368 e. The van der Waals surface area contributed by atoms with Gasteiger partial charge in [-0.2, -0.15) is 0 Å². The molecule has 0 atom stereocenters. The highest BCUT2D eigenvalue weighted by Crippen LogP contribution is 2.15. The summed E-state index contributed by atoms with van der Waals surface area (Å²) in [5.41, 5.74) is 1.24. The van der Waals surface area contributed by atoms with Gasteiger partial charge in [0.25, 0.3) is 0 Å². The van der Waals surface area contributed by atoms with E-state index in [-0.39, 0.29) is 29.9 Å². The number of carbonyl (C=O) groups is 1. The second-order valence-electron chi connectivity index (χ2n) is 6.96. The highest BCUT2D eigenvalue weighted by Gasteiger charge is 2.20. The van der Waals surface area contributed by atoms with E-state index in [4.69, 9.17) is 0 Å². The van der Waals surface area contributed by atoms with Crippen LogP contribution in [0.1, 0.15) is 33.1 Å². The van der Waals surface area contributed by atoms with Crippen molar-refractivity contribution >= 4 is 41.5 Å². The Morgan fingerprint density at radius 2 is 1.82 bits per heavy atom. The average Bonchev–Trinajstić information content (AvgIpc) is 2.72. The van der Waals surface area contributed by atoms with E-state index in [0.717, 1.165) is 58.1 Å². The van der Waals surface area contributed by atoms with Crippen LogP contribution < -0.4 is 10.2 Å². The third kappa shape index (κ3) is 7.85. The summed E-state index contributed by atoms with van der Waals surface area (Å²) in [6.45, 7) is 9.97. The van der Waals surface area contributed by atoms with Crippen LogP contribution in [-0.4, -0.2) is 74.5 Å². The van der Waals surface area contributed by atoms with E-state index < -0.39 is 0 Å². The SMILES string of the molecule is CCCCN(C)C(=NCCC(=O)N1CCN(c2ccccc2)CC1)NCC.I. The number of piperazine rings is 1. The van der Waals surface area contributed by atoms with Gasteiger partial charge in [-0.3, -0.25) is 9.79 Å². The number of benzene rings is 1. The van der Waals surface area contributed by atoms with Gasteiger partial charge in [-0.25, -0.2) is 0 Å². The summed E-state index contributed by atoms with van der Waals surface area (Å²) >= 11 is 0. The highest BCUT2D eigenvalue weighted by atomic mass is 127. The third-order valence-electron chi connectivity index (χ3n) is 4.88. The third-order valence-corrected chi connectivity index (χ3v) is 4.88. The minimum Gasteiger partial charge on any atom is -0.368 e.